The number of carbonyl (C=O) groups is 2. The van der Waals surface area contributed by atoms with Gasteiger partial charge in [-0.2, -0.15) is 5.01 Å². The highest BCUT2D eigenvalue weighted by molar-refractivity contribution is 9.10. The van der Waals surface area contributed by atoms with Gasteiger partial charge in [0.05, 0.1) is 21.9 Å². The number of methoxy groups -OCH3 is 1. The number of nitrogens with zero attached hydrogens (tertiary/aromatic N) is 1. The number of thioether (sulfide) groups is 1. The SMILES string of the molecule is C#CCOc1c(Br)cc(/C=C2\SC(=S)N(NC(=O)C34CC5CC(CC(C5)C3)C4)C2=O)cc1OC. The van der Waals surface area contributed by atoms with Crippen LogP contribution in [0.1, 0.15) is 44.1 Å². The zero-order chi connectivity index (χ0) is 24.0. The number of nitrogens with one attached hydrogen (secondary N) is 1. The highest BCUT2D eigenvalue weighted by atomic mass is 79.9. The van der Waals surface area contributed by atoms with Crippen LogP contribution < -0.4 is 14.9 Å². The molecule has 0 aromatic heterocycles. The number of terminal acetylenes is 1. The van der Waals surface area contributed by atoms with Crippen LogP contribution in [0.15, 0.2) is 21.5 Å². The summed E-state index contributed by atoms with van der Waals surface area (Å²) in [6.45, 7) is 0.108. The van der Waals surface area contributed by atoms with Gasteiger partial charge in [-0.15, -0.1) is 6.42 Å². The molecule has 4 aliphatic carbocycles. The molecule has 1 heterocycles. The lowest BCUT2D eigenvalue weighted by molar-refractivity contribution is -0.152. The molecule has 178 valence electrons. The Kier molecular flexibility index (Phi) is 6.42. The Bertz CT molecular complexity index is 1110. The van der Waals surface area contributed by atoms with E-state index in [1.165, 1.54) is 43.1 Å². The number of amides is 2. The van der Waals surface area contributed by atoms with Crippen molar-refractivity contribution in [2.75, 3.05) is 13.7 Å². The van der Waals surface area contributed by atoms with Crippen LogP contribution in [0, 0.1) is 35.5 Å². The molecule has 6 rings (SSSR count). The van der Waals surface area contributed by atoms with Crippen molar-refractivity contribution in [2.45, 2.75) is 38.5 Å². The molecule has 1 saturated heterocycles. The van der Waals surface area contributed by atoms with Crippen LogP contribution in [0.2, 0.25) is 0 Å². The fourth-order valence-electron chi connectivity index (χ4n) is 6.40. The number of hydrogen-bond donors (Lipinski definition) is 1. The van der Waals surface area contributed by atoms with Crippen molar-refractivity contribution >= 4 is 62.1 Å². The number of thiocarbonyl (C=S) groups is 1. The predicted molar refractivity (Wildman–Crippen MR) is 139 cm³/mol. The molecular weight excluding hydrogens is 536 g/mol. The molecule has 1 N–H and O–H groups in total. The number of benzene rings is 1. The minimum Gasteiger partial charge on any atom is -0.493 e. The van der Waals surface area contributed by atoms with E-state index >= 15 is 0 Å². The number of rotatable bonds is 6. The van der Waals surface area contributed by atoms with Crippen LogP contribution in [0.3, 0.4) is 0 Å². The molecule has 2 amide bonds. The summed E-state index contributed by atoms with van der Waals surface area (Å²) in [7, 11) is 1.54. The highest BCUT2D eigenvalue weighted by Gasteiger charge is 2.55. The van der Waals surface area contributed by atoms with E-state index in [2.05, 4.69) is 27.3 Å². The maximum atomic E-state index is 13.4. The average molecular weight is 562 g/mol. The first kappa shape index (κ1) is 23.7. The molecule has 1 aromatic carbocycles. The first-order valence-corrected chi connectivity index (χ1v) is 13.4. The molecule has 5 aliphatic rings. The van der Waals surface area contributed by atoms with Gasteiger partial charge in [0.1, 0.15) is 6.61 Å². The standard InChI is InChI=1S/C25H25BrN2O4S2/c1-3-4-32-21-18(26)8-14(9-19(21)31-2)10-20-22(29)28(24(33)34-20)27-23(30)25-11-15-5-16(12-25)7-17(6-15)13-25/h1,8-10,15-17H,4-7,11-13H2,2H3,(H,27,30)/b20-10-. The van der Waals surface area contributed by atoms with E-state index in [0.29, 0.717) is 43.0 Å². The maximum absolute atomic E-state index is 13.4. The van der Waals surface area contributed by atoms with E-state index in [-0.39, 0.29) is 23.8 Å². The second-order valence-corrected chi connectivity index (χ2v) is 12.2. The molecule has 0 spiro atoms. The Morgan fingerprint density at radius 1 is 1.32 bits per heavy atom. The van der Waals surface area contributed by atoms with E-state index in [0.717, 1.165) is 24.8 Å². The predicted octanol–water partition coefficient (Wildman–Crippen LogP) is 4.92. The molecule has 4 bridgehead atoms. The third kappa shape index (κ3) is 4.25. The van der Waals surface area contributed by atoms with Gasteiger partial charge in [0.15, 0.2) is 15.8 Å². The normalized spacial score (nSPS) is 30.6. The summed E-state index contributed by atoms with van der Waals surface area (Å²) in [5.74, 6) is 4.96. The largest absolute Gasteiger partial charge is 0.493 e. The average Bonchev–Trinajstić information content (AvgIpc) is 3.04. The molecular formula is C25H25BrN2O4S2. The number of carbonyl (C=O) groups excluding carboxylic acids is 2. The van der Waals surface area contributed by atoms with Gasteiger partial charge in [-0.3, -0.25) is 15.0 Å². The summed E-state index contributed by atoms with van der Waals surface area (Å²) in [6, 6.07) is 3.58. The lowest BCUT2D eigenvalue weighted by Gasteiger charge is -2.55. The zero-order valence-electron chi connectivity index (χ0n) is 18.8. The number of halogens is 1. The van der Waals surface area contributed by atoms with Gasteiger partial charge in [0, 0.05) is 0 Å². The van der Waals surface area contributed by atoms with Crippen LogP contribution in [0.4, 0.5) is 0 Å². The molecule has 0 atom stereocenters. The molecule has 9 heteroatoms. The second kappa shape index (κ2) is 9.21. The molecule has 1 aromatic rings. The number of hydrogen-bond acceptors (Lipinski definition) is 6. The molecule has 6 nitrogen and oxygen atoms in total. The first-order valence-electron chi connectivity index (χ1n) is 11.3. The van der Waals surface area contributed by atoms with Gasteiger partial charge in [0.2, 0.25) is 5.91 Å². The fourth-order valence-corrected chi connectivity index (χ4v) is 8.16. The molecule has 5 fully saturated rings. The third-order valence-corrected chi connectivity index (χ3v) is 9.27. The molecule has 0 radical (unpaired) electrons. The van der Waals surface area contributed by atoms with Crippen molar-refractivity contribution in [2.24, 2.45) is 23.2 Å². The summed E-state index contributed by atoms with van der Waals surface area (Å²) in [5, 5.41) is 1.24. The monoisotopic (exact) mass is 560 g/mol. The van der Waals surface area contributed by atoms with E-state index in [1.54, 1.807) is 12.1 Å². The van der Waals surface area contributed by atoms with Crippen molar-refractivity contribution in [3.05, 3.63) is 27.1 Å². The summed E-state index contributed by atoms with van der Waals surface area (Å²) in [4.78, 5) is 27.0. The van der Waals surface area contributed by atoms with Gasteiger partial charge >= 0.3 is 0 Å². The minimum absolute atomic E-state index is 0.0522. The van der Waals surface area contributed by atoms with Crippen molar-refractivity contribution in [1.29, 1.82) is 0 Å². The summed E-state index contributed by atoms with van der Waals surface area (Å²) in [5.41, 5.74) is 3.26. The van der Waals surface area contributed by atoms with E-state index in [4.69, 9.17) is 28.1 Å². The molecule has 0 unspecified atom stereocenters. The summed E-state index contributed by atoms with van der Waals surface area (Å²) in [6.07, 6.45) is 13.6. The fraction of sp³-hybridized carbons (Fsp3) is 0.480. The minimum atomic E-state index is -0.353. The lowest BCUT2D eigenvalue weighted by atomic mass is 9.49. The maximum Gasteiger partial charge on any atom is 0.285 e. The van der Waals surface area contributed by atoms with Gasteiger partial charge in [-0.25, -0.2) is 0 Å². The zero-order valence-corrected chi connectivity index (χ0v) is 22.0. The second-order valence-electron chi connectivity index (χ2n) is 9.68. The number of ether oxygens (including phenoxy) is 2. The van der Waals surface area contributed by atoms with Crippen LogP contribution >= 0.6 is 39.9 Å². The van der Waals surface area contributed by atoms with Crippen LogP contribution in [0.25, 0.3) is 6.08 Å². The van der Waals surface area contributed by atoms with Gasteiger partial charge in [-0.05, 0) is 108 Å². The van der Waals surface area contributed by atoms with Crippen LogP contribution in [0.5, 0.6) is 11.5 Å². The first-order chi connectivity index (χ1) is 16.3. The van der Waals surface area contributed by atoms with E-state index in [9.17, 15) is 9.59 Å². The number of hydrazine groups is 1. The quantitative estimate of drug-likeness (QED) is 0.302. The smallest absolute Gasteiger partial charge is 0.285 e. The van der Waals surface area contributed by atoms with Crippen molar-refractivity contribution in [3.63, 3.8) is 0 Å². The molecule has 34 heavy (non-hydrogen) atoms. The van der Waals surface area contributed by atoms with Gasteiger partial charge < -0.3 is 9.47 Å². The third-order valence-electron chi connectivity index (χ3n) is 7.38. The summed E-state index contributed by atoms with van der Waals surface area (Å²) < 4.78 is 12.0. The van der Waals surface area contributed by atoms with Crippen molar-refractivity contribution in [1.82, 2.24) is 10.4 Å². The van der Waals surface area contributed by atoms with Crippen molar-refractivity contribution < 1.29 is 19.1 Å². The Hall–Kier alpha value is -2.02. The van der Waals surface area contributed by atoms with Crippen molar-refractivity contribution in [3.8, 4) is 23.8 Å². The van der Waals surface area contributed by atoms with Gasteiger partial charge in [0.25, 0.3) is 5.91 Å². The van der Waals surface area contributed by atoms with E-state index in [1.807, 2.05) is 6.07 Å². The molecule has 4 saturated carbocycles. The Labute approximate surface area is 217 Å². The molecule has 1 aliphatic heterocycles. The van der Waals surface area contributed by atoms with Gasteiger partial charge in [-0.1, -0.05) is 17.7 Å². The van der Waals surface area contributed by atoms with Crippen LogP contribution in [-0.4, -0.2) is 34.9 Å². The highest BCUT2D eigenvalue weighted by Crippen LogP contribution is 2.60. The lowest BCUT2D eigenvalue weighted by Crippen LogP contribution is -2.57. The Morgan fingerprint density at radius 3 is 2.56 bits per heavy atom. The van der Waals surface area contributed by atoms with E-state index < -0.39 is 0 Å². The topological polar surface area (TPSA) is 67.9 Å². The summed E-state index contributed by atoms with van der Waals surface area (Å²) >= 11 is 10.1. The Balaban J connectivity index is 1.33. The Morgan fingerprint density at radius 2 is 1.97 bits per heavy atom. The van der Waals surface area contributed by atoms with Crippen LogP contribution in [-0.2, 0) is 9.59 Å².